The van der Waals surface area contributed by atoms with Crippen molar-refractivity contribution in [3.8, 4) is 0 Å². The maximum absolute atomic E-state index is 5.78. The van der Waals surface area contributed by atoms with Crippen molar-refractivity contribution in [1.82, 2.24) is 0 Å². The second kappa shape index (κ2) is 4.26. The van der Waals surface area contributed by atoms with Crippen molar-refractivity contribution in [3.63, 3.8) is 0 Å². The molecule has 1 aliphatic carbocycles. The van der Waals surface area contributed by atoms with E-state index >= 15 is 0 Å². The lowest BCUT2D eigenvalue weighted by Gasteiger charge is -2.02. The molecule has 0 aliphatic heterocycles. The molecule has 0 saturated carbocycles. The van der Waals surface area contributed by atoms with Crippen molar-refractivity contribution in [3.05, 3.63) is 34.6 Å². The predicted octanol–water partition coefficient (Wildman–Crippen LogP) is 2.01. The third-order valence-corrected chi connectivity index (χ3v) is 2.47. The van der Waals surface area contributed by atoms with Crippen molar-refractivity contribution in [2.75, 3.05) is 13.4 Å². The monoisotopic (exact) mass is 183 g/mol. The molecule has 0 aromatic carbocycles. The average Bonchev–Trinajstić information content (AvgIpc) is 2.27. The fourth-order valence-corrected chi connectivity index (χ4v) is 1.54. The van der Waals surface area contributed by atoms with Gasteiger partial charge in [0.2, 0.25) is 0 Å². The Kier molecular flexibility index (Phi) is 3.29. The van der Waals surface area contributed by atoms with Gasteiger partial charge in [-0.25, -0.2) is 0 Å². The van der Waals surface area contributed by atoms with Gasteiger partial charge in [0.15, 0.2) is 0 Å². The molecule has 0 spiro atoms. The van der Waals surface area contributed by atoms with Crippen LogP contribution in [0.3, 0.4) is 0 Å². The Morgan fingerprint density at radius 1 is 1.58 bits per heavy atom. The molecule has 0 radical (unpaired) electrons. The molecule has 0 fully saturated rings. The summed E-state index contributed by atoms with van der Waals surface area (Å²) < 4.78 is 5.16. The molecular formula is C9H13NOS. The van der Waals surface area contributed by atoms with E-state index in [2.05, 4.69) is 0 Å². The Morgan fingerprint density at radius 3 is 2.92 bits per heavy atom. The predicted molar refractivity (Wildman–Crippen MR) is 53.6 cm³/mol. The first-order valence-corrected chi connectivity index (χ1v) is 4.95. The summed E-state index contributed by atoms with van der Waals surface area (Å²) in [5.41, 5.74) is 6.59. The maximum Gasteiger partial charge on any atom is 0.100 e. The summed E-state index contributed by atoms with van der Waals surface area (Å²) in [5.74, 6) is 0.955. The highest BCUT2D eigenvalue weighted by atomic mass is 32.2. The van der Waals surface area contributed by atoms with E-state index in [1.165, 1.54) is 0 Å². The topological polar surface area (TPSA) is 35.2 Å². The number of hydrogen-bond donors (Lipinski definition) is 1. The van der Waals surface area contributed by atoms with Crippen LogP contribution >= 0.6 is 11.8 Å². The highest BCUT2D eigenvalue weighted by molar-refractivity contribution is 8.02. The number of ether oxygens (including phenoxy) is 1. The standard InChI is InChI=1S/C9H13NOS/c1-11-7-4-3-5-8(10)9(6-7)12-2/h3,5-6H,4,10H2,1-2H3. The average molecular weight is 183 g/mol. The van der Waals surface area contributed by atoms with Crippen LogP contribution in [0.2, 0.25) is 0 Å². The number of allylic oxidation sites excluding steroid dienone is 3. The van der Waals surface area contributed by atoms with Gasteiger partial charge in [0.1, 0.15) is 5.76 Å². The van der Waals surface area contributed by atoms with Crippen LogP contribution in [0.4, 0.5) is 0 Å². The molecule has 0 heterocycles. The van der Waals surface area contributed by atoms with Gasteiger partial charge < -0.3 is 10.5 Å². The molecule has 12 heavy (non-hydrogen) atoms. The van der Waals surface area contributed by atoms with E-state index in [9.17, 15) is 0 Å². The summed E-state index contributed by atoms with van der Waals surface area (Å²) in [6.07, 6.45) is 8.74. The molecule has 0 atom stereocenters. The van der Waals surface area contributed by atoms with Gasteiger partial charge in [0.25, 0.3) is 0 Å². The van der Waals surface area contributed by atoms with Gasteiger partial charge in [-0.15, -0.1) is 11.8 Å². The van der Waals surface area contributed by atoms with Crippen LogP contribution in [-0.4, -0.2) is 13.4 Å². The number of rotatable bonds is 2. The van der Waals surface area contributed by atoms with E-state index < -0.39 is 0 Å². The molecule has 0 unspecified atom stereocenters. The summed E-state index contributed by atoms with van der Waals surface area (Å²) in [4.78, 5) is 1.07. The van der Waals surface area contributed by atoms with Crippen LogP contribution in [-0.2, 0) is 4.74 Å². The Balaban J connectivity index is 2.94. The van der Waals surface area contributed by atoms with Gasteiger partial charge >= 0.3 is 0 Å². The molecule has 0 saturated heterocycles. The smallest absolute Gasteiger partial charge is 0.100 e. The molecule has 2 nitrogen and oxygen atoms in total. The van der Waals surface area contributed by atoms with Crippen LogP contribution in [0.25, 0.3) is 0 Å². The first kappa shape index (κ1) is 9.26. The van der Waals surface area contributed by atoms with E-state index in [0.29, 0.717) is 0 Å². The van der Waals surface area contributed by atoms with Crippen LogP contribution in [0.15, 0.2) is 34.6 Å². The fraction of sp³-hybridized carbons (Fsp3) is 0.333. The van der Waals surface area contributed by atoms with E-state index in [4.69, 9.17) is 10.5 Å². The lowest BCUT2D eigenvalue weighted by Crippen LogP contribution is -1.95. The van der Waals surface area contributed by atoms with Gasteiger partial charge in [-0.05, 0) is 18.4 Å². The third-order valence-electron chi connectivity index (χ3n) is 1.68. The van der Waals surface area contributed by atoms with Crippen molar-refractivity contribution >= 4 is 11.8 Å². The zero-order chi connectivity index (χ0) is 8.97. The van der Waals surface area contributed by atoms with Gasteiger partial charge in [0.05, 0.1) is 7.11 Å². The normalized spacial score (nSPS) is 17.3. The number of nitrogens with two attached hydrogens (primary N) is 1. The summed E-state index contributed by atoms with van der Waals surface area (Å²) in [5, 5.41) is 0. The second-order valence-electron chi connectivity index (χ2n) is 2.44. The number of methoxy groups -OCH3 is 1. The first-order chi connectivity index (χ1) is 5.77. The van der Waals surface area contributed by atoms with Crippen LogP contribution in [0, 0.1) is 0 Å². The molecule has 0 amide bonds. The van der Waals surface area contributed by atoms with Gasteiger partial charge in [-0.3, -0.25) is 0 Å². The molecule has 3 heteroatoms. The van der Waals surface area contributed by atoms with Crippen molar-refractivity contribution in [1.29, 1.82) is 0 Å². The second-order valence-corrected chi connectivity index (χ2v) is 3.29. The molecule has 0 bridgehead atoms. The lowest BCUT2D eigenvalue weighted by atomic mass is 10.3. The molecular weight excluding hydrogens is 170 g/mol. The van der Waals surface area contributed by atoms with Crippen LogP contribution in [0.1, 0.15) is 6.42 Å². The first-order valence-electron chi connectivity index (χ1n) is 3.72. The van der Waals surface area contributed by atoms with Gasteiger partial charge in [-0.1, -0.05) is 6.08 Å². The molecule has 2 N–H and O–H groups in total. The lowest BCUT2D eigenvalue weighted by molar-refractivity contribution is 0.285. The SMILES string of the molecule is COC1=CC(SC)=C(N)C=CC1. The van der Waals surface area contributed by atoms with Gasteiger partial charge in [-0.2, -0.15) is 0 Å². The minimum Gasteiger partial charge on any atom is -0.501 e. The van der Waals surface area contributed by atoms with Crippen molar-refractivity contribution in [2.24, 2.45) is 5.73 Å². The minimum absolute atomic E-state index is 0.814. The summed E-state index contributed by atoms with van der Waals surface area (Å²) in [6.45, 7) is 0. The summed E-state index contributed by atoms with van der Waals surface area (Å²) in [7, 11) is 1.68. The Morgan fingerprint density at radius 2 is 2.33 bits per heavy atom. The molecule has 66 valence electrons. The van der Waals surface area contributed by atoms with E-state index in [-0.39, 0.29) is 0 Å². The fourth-order valence-electron chi connectivity index (χ4n) is 0.992. The Labute approximate surface area is 77.2 Å². The molecule has 1 aliphatic rings. The maximum atomic E-state index is 5.78. The number of thioether (sulfide) groups is 1. The Bertz CT molecular complexity index is 253. The zero-order valence-corrected chi connectivity index (χ0v) is 8.15. The summed E-state index contributed by atoms with van der Waals surface area (Å²) >= 11 is 1.63. The summed E-state index contributed by atoms with van der Waals surface area (Å²) in [6, 6.07) is 0. The molecule has 0 aromatic heterocycles. The van der Waals surface area contributed by atoms with Crippen molar-refractivity contribution in [2.45, 2.75) is 6.42 Å². The molecule has 1 rings (SSSR count). The minimum atomic E-state index is 0.814. The highest BCUT2D eigenvalue weighted by Crippen LogP contribution is 2.22. The largest absolute Gasteiger partial charge is 0.501 e. The van der Waals surface area contributed by atoms with E-state index in [1.54, 1.807) is 18.9 Å². The van der Waals surface area contributed by atoms with Crippen LogP contribution < -0.4 is 5.73 Å². The highest BCUT2D eigenvalue weighted by Gasteiger charge is 2.03. The van der Waals surface area contributed by atoms with E-state index in [0.717, 1.165) is 22.8 Å². The van der Waals surface area contributed by atoms with E-state index in [1.807, 2.05) is 24.5 Å². The third kappa shape index (κ3) is 2.08. The Hall–Kier alpha value is -0.830. The number of hydrogen-bond acceptors (Lipinski definition) is 3. The van der Waals surface area contributed by atoms with Crippen LogP contribution in [0.5, 0.6) is 0 Å². The quantitative estimate of drug-likeness (QED) is 0.711. The molecule has 0 aromatic rings. The van der Waals surface area contributed by atoms with Crippen molar-refractivity contribution < 1.29 is 4.74 Å². The zero-order valence-electron chi connectivity index (χ0n) is 7.33. The van der Waals surface area contributed by atoms with Gasteiger partial charge in [0, 0.05) is 17.0 Å².